The topological polar surface area (TPSA) is 33.2 Å². The number of hydrogen-bond donors (Lipinski definition) is 0. The second-order valence-electron chi connectivity index (χ2n) is 3.35. The Kier molecular flexibility index (Phi) is 2.68. The highest BCUT2D eigenvalue weighted by atomic mass is 35.5. The van der Waals surface area contributed by atoms with E-state index in [1.54, 1.807) is 6.20 Å². The zero-order chi connectivity index (χ0) is 9.97. The molecule has 0 atom stereocenters. The normalized spacial score (nSPS) is 15.9. The van der Waals surface area contributed by atoms with Crippen molar-refractivity contribution in [3.05, 3.63) is 23.0 Å². The number of rotatable bonds is 2. The number of anilines is 1. The average molecular weight is 211 g/mol. The van der Waals surface area contributed by atoms with Gasteiger partial charge in [0.25, 0.3) is 0 Å². The minimum Gasteiger partial charge on any atom is -0.371 e. The first-order valence-electron chi connectivity index (χ1n) is 4.67. The number of pyridine rings is 1. The molecule has 3 nitrogen and oxygen atoms in total. The Morgan fingerprint density at radius 2 is 2.14 bits per heavy atom. The van der Waals surface area contributed by atoms with E-state index >= 15 is 0 Å². The van der Waals surface area contributed by atoms with Crippen LogP contribution < -0.4 is 4.90 Å². The summed E-state index contributed by atoms with van der Waals surface area (Å²) in [5.74, 6) is 0. The predicted octanol–water partition coefficient (Wildman–Crippen LogP) is 2.15. The van der Waals surface area contributed by atoms with Crippen LogP contribution in [0.4, 0.5) is 5.69 Å². The van der Waals surface area contributed by atoms with Crippen molar-refractivity contribution >= 4 is 23.6 Å². The van der Waals surface area contributed by atoms with E-state index in [1.807, 2.05) is 6.07 Å². The molecule has 2 rings (SSSR count). The Morgan fingerprint density at radius 3 is 2.79 bits per heavy atom. The molecule has 0 spiro atoms. The van der Waals surface area contributed by atoms with Gasteiger partial charge in [0, 0.05) is 19.3 Å². The summed E-state index contributed by atoms with van der Waals surface area (Å²) in [7, 11) is 0. The molecule has 0 amide bonds. The van der Waals surface area contributed by atoms with E-state index < -0.39 is 0 Å². The maximum atomic E-state index is 10.9. The third-order valence-corrected chi connectivity index (χ3v) is 2.78. The number of halogens is 1. The standard InChI is InChI=1S/C10H11ClN2O/c11-10-8(7-14)9(3-4-12-10)13-5-1-2-6-13/h3-4,7H,1-2,5-6H2. The van der Waals surface area contributed by atoms with E-state index in [-0.39, 0.29) is 0 Å². The van der Waals surface area contributed by atoms with Crippen molar-refractivity contribution in [1.82, 2.24) is 4.98 Å². The van der Waals surface area contributed by atoms with E-state index in [0.717, 1.165) is 25.1 Å². The molecule has 0 bridgehead atoms. The number of aromatic nitrogens is 1. The Bertz CT molecular complexity index is 348. The first-order valence-corrected chi connectivity index (χ1v) is 5.05. The van der Waals surface area contributed by atoms with Crippen molar-refractivity contribution in [3.8, 4) is 0 Å². The highest BCUT2D eigenvalue weighted by Crippen LogP contribution is 2.26. The zero-order valence-electron chi connectivity index (χ0n) is 7.74. The second-order valence-corrected chi connectivity index (χ2v) is 3.70. The van der Waals surface area contributed by atoms with Crippen LogP contribution in [0.15, 0.2) is 12.3 Å². The largest absolute Gasteiger partial charge is 0.371 e. The fourth-order valence-electron chi connectivity index (χ4n) is 1.78. The molecule has 0 radical (unpaired) electrons. The van der Waals surface area contributed by atoms with Crippen LogP contribution in [0.25, 0.3) is 0 Å². The zero-order valence-corrected chi connectivity index (χ0v) is 8.50. The minimum absolute atomic E-state index is 0.296. The van der Waals surface area contributed by atoms with Crippen molar-refractivity contribution in [3.63, 3.8) is 0 Å². The molecule has 1 aromatic rings. The van der Waals surface area contributed by atoms with Crippen molar-refractivity contribution in [2.75, 3.05) is 18.0 Å². The number of hydrogen-bond acceptors (Lipinski definition) is 3. The van der Waals surface area contributed by atoms with Gasteiger partial charge >= 0.3 is 0 Å². The van der Waals surface area contributed by atoms with Crippen LogP contribution >= 0.6 is 11.6 Å². The Morgan fingerprint density at radius 1 is 1.43 bits per heavy atom. The van der Waals surface area contributed by atoms with Gasteiger partial charge in [0.15, 0.2) is 6.29 Å². The summed E-state index contributed by atoms with van der Waals surface area (Å²) in [6, 6.07) is 1.85. The van der Waals surface area contributed by atoms with Gasteiger partial charge in [-0.25, -0.2) is 4.98 Å². The second kappa shape index (κ2) is 3.96. The molecule has 74 valence electrons. The number of nitrogens with zero attached hydrogens (tertiary/aromatic N) is 2. The number of aldehydes is 1. The summed E-state index contributed by atoms with van der Waals surface area (Å²) in [4.78, 5) is 16.9. The highest BCUT2D eigenvalue weighted by Gasteiger charge is 2.17. The van der Waals surface area contributed by atoms with Crippen LogP contribution in [0.2, 0.25) is 5.15 Å². The highest BCUT2D eigenvalue weighted by molar-refractivity contribution is 6.32. The van der Waals surface area contributed by atoms with Gasteiger partial charge in [-0.05, 0) is 18.9 Å². The lowest BCUT2D eigenvalue weighted by Gasteiger charge is -2.19. The van der Waals surface area contributed by atoms with Gasteiger partial charge in [-0.2, -0.15) is 0 Å². The molecule has 1 aliphatic rings. The molecule has 0 N–H and O–H groups in total. The molecule has 2 heterocycles. The Hall–Kier alpha value is -1.09. The molecule has 1 fully saturated rings. The van der Waals surface area contributed by atoms with Crippen molar-refractivity contribution in [2.24, 2.45) is 0 Å². The van der Waals surface area contributed by atoms with Crippen LogP contribution in [0.1, 0.15) is 23.2 Å². The molecule has 14 heavy (non-hydrogen) atoms. The summed E-state index contributed by atoms with van der Waals surface area (Å²) in [6.45, 7) is 2.00. The summed E-state index contributed by atoms with van der Waals surface area (Å²) in [6.07, 6.45) is 4.78. The van der Waals surface area contributed by atoms with Gasteiger partial charge in [0.2, 0.25) is 0 Å². The van der Waals surface area contributed by atoms with Gasteiger partial charge < -0.3 is 4.90 Å². The van der Waals surface area contributed by atoms with E-state index in [4.69, 9.17) is 11.6 Å². The SMILES string of the molecule is O=Cc1c(N2CCCC2)ccnc1Cl. The molecule has 1 aliphatic heterocycles. The molecule has 0 aromatic carbocycles. The first kappa shape index (κ1) is 9.46. The summed E-state index contributed by atoms with van der Waals surface area (Å²) in [5.41, 5.74) is 1.42. The lowest BCUT2D eigenvalue weighted by Crippen LogP contribution is -2.19. The fourth-order valence-corrected chi connectivity index (χ4v) is 1.98. The lowest BCUT2D eigenvalue weighted by molar-refractivity contribution is 0.112. The number of carbonyl (C=O) groups excluding carboxylic acids is 1. The molecule has 4 heteroatoms. The van der Waals surface area contributed by atoms with E-state index in [2.05, 4.69) is 9.88 Å². The third kappa shape index (κ3) is 1.60. The van der Waals surface area contributed by atoms with Crippen LogP contribution in [0.3, 0.4) is 0 Å². The quantitative estimate of drug-likeness (QED) is 0.554. The molecule has 1 saturated heterocycles. The van der Waals surface area contributed by atoms with Crippen LogP contribution in [-0.2, 0) is 0 Å². The molecular formula is C10H11ClN2O. The van der Waals surface area contributed by atoms with Gasteiger partial charge in [-0.3, -0.25) is 4.79 Å². The van der Waals surface area contributed by atoms with Crippen LogP contribution in [0.5, 0.6) is 0 Å². The smallest absolute Gasteiger partial charge is 0.155 e. The third-order valence-electron chi connectivity index (χ3n) is 2.48. The molecule has 0 aliphatic carbocycles. The maximum absolute atomic E-state index is 10.9. The number of carbonyl (C=O) groups is 1. The van der Waals surface area contributed by atoms with E-state index in [1.165, 1.54) is 12.8 Å². The van der Waals surface area contributed by atoms with Gasteiger partial charge in [0.1, 0.15) is 5.15 Å². The monoisotopic (exact) mass is 210 g/mol. The van der Waals surface area contributed by atoms with Crippen molar-refractivity contribution in [2.45, 2.75) is 12.8 Å². The van der Waals surface area contributed by atoms with Crippen LogP contribution in [-0.4, -0.2) is 24.4 Å². The Balaban J connectivity index is 2.40. The summed E-state index contributed by atoms with van der Waals surface area (Å²) in [5, 5.41) is 0.296. The van der Waals surface area contributed by atoms with E-state index in [9.17, 15) is 4.79 Å². The molecule has 0 saturated carbocycles. The molecular weight excluding hydrogens is 200 g/mol. The molecule has 1 aromatic heterocycles. The van der Waals surface area contributed by atoms with Crippen molar-refractivity contribution in [1.29, 1.82) is 0 Å². The summed E-state index contributed by atoms with van der Waals surface area (Å²) >= 11 is 5.84. The molecule has 0 unspecified atom stereocenters. The van der Waals surface area contributed by atoms with E-state index in [0.29, 0.717) is 10.7 Å². The average Bonchev–Trinajstić information content (AvgIpc) is 2.70. The fraction of sp³-hybridized carbons (Fsp3) is 0.400. The minimum atomic E-state index is 0.296. The van der Waals surface area contributed by atoms with Crippen LogP contribution in [0, 0.1) is 0 Å². The first-order chi connectivity index (χ1) is 6.83. The lowest BCUT2D eigenvalue weighted by atomic mass is 10.2. The predicted molar refractivity (Wildman–Crippen MR) is 56.1 cm³/mol. The maximum Gasteiger partial charge on any atom is 0.155 e. The van der Waals surface area contributed by atoms with Gasteiger partial charge in [-0.1, -0.05) is 11.6 Å². The Labute approximate surface area is 87.7 Å². The van der Waals surface area contributed by atoms with Crippen molar-refractivity contribution < 1.29 is 4.79 Å². The van der Waals surface area contributed by atoms with Gasteiger partial charge in [0.05, 0.1) is 11.3 Å². The summed E-state index contributed by atoms with van der Waals surface area (Å²) < 4.78 is 0. The van der Waals surface area contributed by atoms with Gasteiger partial charge in [-0.15, -0.1) is 0 Å².